The third-order valence-electron chi connectivity index (χ3n) is 5.49. The Morgan fingerprint density at radius 1 is 0.667 bits per heavy atom. The number of ether oxygens (including phenoxy) is 4. The lowest BCUT2D eigenvalue weighted by Gasteiger charge is -2.23. The van der Waals surface area contributed by atoms with Crippen molar-refractivity contribution in [2.45, 2.75) is 19.4 Å². The van der Waals surface area contributed by atoms with Crippen molar-refractivity contribution in [1.29, 1.82) is 0 Å². The van der Waals surface area contributed by atoms with Crippen LogP contribution in [0.1, 0.15) is 16.7 Å². The predicted octanol–water partition coefficient (Wildman–Crippen LogP) is 4.54. The molecule has 0 radical (unpaired) electrons. The Morgan fingerprint density at radius 2 is 1.21 bits per heavy atom. The molecule has 0 N–H and O–H groups in total. The van der Waals surface area contributed by atoms with Gasteiger partial charge < -0.3 is 23.8 Å². The van der Waals surface area contributed by atoms with E-state index in [0.717, 1.165) is 16.7 Å². The van der Waals surface area contributed by atoms with Crippen molar-refractivity contribution in [3.63, 3.8) is 0 Å². The van der Waals surface area contributed by atoms with Crippen molar-refractivity contribution in [2.75, 3.05) is 35.0 Å². The fraction of sp³-hybridized carbons (Fsp3) is 0.296. The first-order valence-electron chi connectivity index (χ1n) is 10.8. The third kappa shape index (κ3) is 6.42. The predicted molar refractivity (Wildman–Crippen MR) is 128 cm³/mol. The maximum atomic E-state index is 13.3. The van der Waals surface area contributed by atoms with Crippen molar-refractivity contribution >= 4 is 5.91 Å². The van der Waals surface area contributed by atoms with Gasteiger partial charge in [-0.15, -0.1) is 0 Å². The number of nitrogens with zero attached hydrogens (tertiary/aromatic N) is 1. The van der Waals surface area contributed by atoms with Gasteiger partial charge in [0.05, 0.1) is 34.9 Å². The van der Waals surface area contributed by atoms with Crippen LogP contribution in [0.4, 0.5) is 0 Å². The van der Waals surface area contributed by atoms with Crippen LogP contribution in [0.3, 0.4) is 0 Å². The van der Waals surface area contributed by atoms with Crippen molar-refractivity contribution in [3.8, 4) is 23.0 Å². The van der Waals surface area contributed by atoms with E-state index in [-0.39, 0.29) is 12.3 Å². The highest BCUT2D eigenvalue weighted by atomic mass is 16.5. The fourth-order valence-corrected chi connectivity index (χ4v) is 3.67. The van der Waals surface area contributed by atoms with Gasteiger partial charge in [0.2, 0.25) is 5.91 Å². The van der Waals surface area contributed by atoms with Gasteiger partial charge in [0.15, 0.2) is 23.0 Å². The van der Waals surface area contributed by atoms with E-state index in [9.17, 15) is 4.79 Å². The molecule has 3 rings (SSSR count). The summed E-state index contributed by atoms with van der Waals surface area (Å²) in [5, 5.41) is 0. The standard InChI is InChI=1S/C27H31NO5/c1-30-23-12-10-20(16-25(23)32-3)14-15-28(19-21-8-6-5-7-9-21)27(29)18-22-11-13-24(31-2)26(17-22)33-4/h5-13,16-17H,14-15,18-19H2,1-4H3. The Hall–Kier alpha value is -3.67. The third-order valence-corrected chi connectivity index (χ3v) is 5.49. The molecule has 0 spiro atoms. The highest BCUT2D eigenvalue weighted by Gasteiger charge is 2.17. The molecule has 0 saturated carbocycles. The second-order valence-corrected chi connectivity index (χ2v) is 7.61. The first kappa shape index (κ1) is 24.0. The van der Waals surface area contributed by atoms with E-state index in [1.807, 2.05) is 71.6 Å². The van der Waals surface area contributed by atoms with Gasteiger partial charge in [-0.3, -0.25) is 4.79 Å². The number of rotatable bonds is 11. The molecule has 0 unspecified atom stereocenters. The zero-order valence-corrected chi connectivity index (χ0v) is 19.7. The number of carbonyl (C=O) groups is 1. The summed E-state index contributed by atoms with van der Waals surface area (Å²) in [5.41, 5.74) is 3.04. The largest absolute Gasteiger partial charge is 0.493 e. The Labute approximate surface area is 195 Å². The van der Waals surface area contributed by atoms with Gasteiger partial charge >= 0.3 is 0 Å². The van der Waals surface area contributed by atoms with Crippen LogP contribution in [0.15, 0.2) is 66.7 Å². The molecule has 33 heavy (non-hydrogen) atoms. The summed E-state index contributed by atoms with van der Waals surface area (Å²) in [6, 6.07) is 21.4. The van der Waals surface area contributed by atoms with E-state index >= 15 is 0 Å². The molecule has 0 saturated heterocycles. The molecule has 1 amide bonds. The van der Waals surface area contributed by atoms with Crippen molar-refractivity contribution < 1.29 is 23.7 Å². The molecule has 0 aliphatic heterocycles. The Bertz CT molecular complexity index is 1050. The number of hydrogen-bond acceptors (Lipinski definition) is 5. The number of benzene rings is 3. The first-order valence-corrected chi connectivity index (χ1v) is 10.8. The summed E-state index contributed by atoms with van der Waals surface area (Å²) in [5.74, 6) is 2.67. The minimum atomic E-state index is 0.0477. The highest BCUT2D eigenvalue weighted by molar-refractivity contribution is 5.79. The summed E-state index contributed by atoms with van der Waals surface area (Å²) in [7, 11) is 6.43. The lowest BCUT2D eigenvalue weighted by Crippen LogP contribution is -2.33. The first-order chi connectivity index (χ1) is 16.1. The van der Waals surface area contributed by atoms with Gasteiger partial charge in [0.25, 0.3) is 0 Å². The van der Waals surface area contributed by atoms with Gasteiger partial charge in [0.1, 0.15) is 0 Å². The van der Waals surface area contributed by atoms with Crippen LogP contribution in [-0.4, -0.2) is 45.8 Å². The summed E-state index contributed by atoms with van der Waals surface area (Å²) in [4.78, 5) is 15.2. The van der Waals surface area contributed by atoms with E-state index in [2.05, 4.69) is 0 Å². The number of carbonyl (C=O) groups excluding carboxylic acids is 1. The summed E-state index contributed by atoms with van der Waals surface area (Å²) in [6.45, 7) is 1.12. The minimum Gasteiger partial charge on any atom is -0.493 e. The van der Waals surface area contributed by atoms with Crippen LogP contribution >= 0.6 is 0 Å². The van der Waals surface area contributed by atoms with Crippen LogP contribution in [0.5, 0.6) is 23.0 Å². The zero-order chi connectivity index (χ0) is 23.6. The molecule has 0 aliphatic carbocycles. The zero-order valence-electron chi connectivity index (χ0n) is 19.7. The maximum Gasteiger partial charge on any atom is 0.227 e. The smallest absolute Gasteiger partial charge is 0.227 e. The van der Waals surface area contributed by atoms with Crippen LogP contribution < -0.4 is 18.9 Å². The molecule has 0 aliphatic rings. The average Bonchev–Trinajstić information content (AvgIpc) is 2.86. The SMILES string of the molecule is COc1ccc(CCN(Cc2ccccc2)C(=O)Cc2ccc(OC)c(OC)c2)cc1OC. The van der Waals surface area contributed by atoms with E-state index in [0.29, 0.717) is 42.5 Å². The number of amides is 1. The number of methoxy groups -OCH3 is 4. The summed E-state index contributed by atoms with van der Waals surface area (Å²) < 4.78 is 21.4. The minimum absolute atomic E-state index is 0.0477. The van der Waals surface area contributed by atoms with E-state index in [1.54, 1.807) is 28.4 Å². The molecule has 3 aromatic carbocycles. The molecule has 6 heteroatoms. The van der Waals surface area contributed by atoms with Crippen molar-refractivity contribution in [1.82, 2.24) is 4.90 Å². The van der Waals surface area contributed by atoms with Crippen LogP contribution in [-0.2, 0) is 24.2 Å². The van der Waals surface area contributed by atoms with Gasteiger partial charge in [0, 0.05) is 13.1 Å². The molecule has 3 aromatic rings. The lowest BCUT2D eigenvalue weighted by atomic mass is 10.1. The van der Waals surface area contributed by atoms with E-state index in [1.165, 1.54) is 0 Å². The molecule has 174 valence electrons. The Morgan fingerprint density at radius 3 is 1.79 bits per heavy atom. The lowest BCUT2D eigenvalue weighted by molar-refractivity contribution is -0.131. The van der Waals surface area contributed by atoms with E-state index < -0.39 is 0 Å². The fourth-order valence-electron chi connectivity index (χ4n) is 3.67. The quantitative estimate of drug-likeness (QED) is 0.430. The molecular formula is C27H31NO5. The second-order valence-electron chi connectivity index (χ2n) is 7.61. The molecule has 6 nitrogen and oxygen atoms in total. The second kappa shape index (κ2) is 11.8. The Balaban J connectivity index is 1.77. The summed E-state index contributed by atoms with van der Waals surface area (Å²) >= 11 is 0. The van der Waals surface area contributed by atoms with Gasteiger partial charge in [-0.05, 0) is 47.4 Å². The van der Waals surface area contributed by atoms with Crippen LogP contribution in [0.2, 0.25) is 0 Å². The van der Waals surface area contributed by atoms with Crippen molar-refractivity contribution in [2.24, 2.45) is 0 Å². The average molecular weight is 450 g/mol. The van der Waals surface area contributed by atoms with Gasteiger partial charge in [-0.1, -0.05) is 42.5 Å². The Kier molecular flexibility index (Phi) is 8.58. The van der Waals surface area contributed by atoms with Gasteiger partial charge in [-0.2, -0.15) is 0 Å². The molecule has 0 aromatic heterocycles. The van der Waals surface area contributed by atoms with E-state index in [4.69, 9.17) is 18.9 Å². The van der Waals surface area contributed by atoms with Crippen molar-refractivity contribution in [3.05, 3.63) is 83.4 Å². The molecule has 0 heterocycles. The molecular weight excluding hydrogens is 418 g/mol. The molecule has 0 atom stereocenters. The number of hydrogen-bond donors (Lipinski definition) is 0. The molecule has 0 fully saturated rings. The van der Waals surface area contributed by atoms with Gasteiger partial charge in [-0.25, -0.2) is 0 Å². The topological polar surface area (TPSA) is 57.2 Å². The molecule has 0 bridgehead atoms. The maximum absolute atomic E-state index is 13.3. The monoisotopic (exact) mass is 449 g/mol. The highest BCUT2D eigenvalue weighted by Crippen LogP contribution is 2.29. The van der Waals surface area contributed by atoms with Crippen LogP contribution in [0, 0.1) is 0 Å². The van der Waals surface area contributed by atoms with Crippen LogP contribution in [0.25, 0.3) is 0 Å². The normalized spacial score (nSPS) is 10.4. The summed E-state index contributed by atoms with van der Waals surface area (Å²) in [6.07, 6.45) is 0.976.